The first-order valence-corrected chi connectivity index (χ1v) is 9.67. The van der Waals surface area contributed by atoms with Crippen LogP contribution in [0.4, 0.5) is 16.2 Å². The third-order valence-corrected chi connectivity index (χ3v) is 5.21. The number of Topliss-reactive ketones (excluding diaryl/α,β-unsaturated/α-hetero) is 1. The second-order valence-corrected chi connectivity index (χ2v) is 7.37. The molecule has 0 spiro atoms. The van der Waals surface area contributed by atoms with Crippen molar-refractivity contribution in [1.82, 2.24) is 9.88 Å². The van der Waals surface area contributed by atoms with Crippen LogP contribution in [0.2, 0.25) is 0 Å². The minimum Gasteiger partial charge on any atom is -0.361 e. The number of urea groups is 1. The molecule has 0 radical (unpaired) electrons. The standard InChI is InChI=1S/C21H23N5O3/c22-21(29)24-14-4-5-18-16(9-14)17(20(28)25-18)10-15-8-13(11-23-15)19(27)12-26-6-2-1-3-7-26/h4-5,8-11,23H,1-3,6-7,12H2,(H,25,28)(H3,22,24,29). The number of rotatable bonds is 5. The SMILES string of the molecule is NC(=O)Nc1ccc2c(c1)C(=Cc1cc(C(=O)CN3CCCCC3)c[nH]1)C(=O)N2. The molecule has 1 aromatic heterocycles. The first-order valence-electron chi connectivity index (χ1n) is 9.67. The molecule has 8 heteroatoms. The number of amides is 3. The van der Waals surface area contributed by atoms with E-state index in [0.717, 1.165) is 25.9 Å². The number of ketones is 1. The summed E-state index contributed by atoms with van der Waals surface area (Å²) in [6, 6.07) is 6.15. The van der Waals surface area contributed by atoms with Crippen LogP contribution in [-0.4, -0.2) is 47.2 Å². The Balaban J connectivity index is 1.54. The van der Waals surface area contributed by atoms with Crippen molar-refractivity contribution >= 4 is 40.7 Å². The van der Waals surface area contributed by atoms with Crippen molar-refractivity contribution < 1.29 is 14.4 Å². The van der Waals surface area contributed by atoms with Crippen molar-refractivity contribution in [3.8, 4) is 0 Å². The number of carbonyl (C=O) groups excluding carboxylic acids is 3. The molecule has 0 saturated carbocycles. The predicted molar refractivity (Wildman–Crippen MR) is 112 cm³/mol. The van der Waals surface area contributed by atoms with Gasteiger partial charge in [-0.05, 0) is 56.3 Å². The summed E-state index contributed by atoms with van der Waals surface area (Å²) in [5, 5.41) is 5.30. The Bertz CT molecular complexity index is 1000. The summed E-state index contributed by atoms with van der Waals surface area (Å²) in [6.45, 7) is 2.34. The number of carbonyl (C=O) groups is 3. The van der Waals surface area contributed by atoms with Gasteiger partial charge in [-0.15, -0.1) is 0 Å². The largest absolute Gasteiger partial charge is 0.361 e. The van der Waals surface area contributed by atoms with E-state index in [1.54, 1.807) is 36.5 Å². The Morgan fingerprint density at radius 1 is 1.17 bits per heavy atom. The summed E-state index contributed by atoms with van der Waals surface area (Å²) in [5.74, 6) is -0.177. The molecule has 29 heavy (non-hydrogen) atoms. The molecule has 8 nitrogen and oxygen atoms in total. The molecule has 1 saturated heterocycles. The van der Waals surface area contributed by atoms with Crippen LogP contribution in [0.15, 0.2) is 30.5 Å². The molecule has 1 fully saturated rings. The van der Waals surface area contributed by atoms with Crippen molar-refractivity contribution in [3.63, 3.8) is 0 Å². The van der Waals surface area contributed by atoms with Crippen LogP contribution in [0.1, 0.15) is 40.9 Å². The number of nitrogens with zero attached hydrogens (tertiary/aromatic N) is 1. The molecule has 2 aliphatic rings. The van der Waals surface area contributed by atoms with E-state index < -0.39 is 6.03 Å². The van der Waals surface area contributed by atoms with E-state index in [0.29, 0.717) is 40.3 Å². The van der Waals surface area contributed by atoms with Crippen LogP contribution in [0, 0.1) is 0 Å². The second-order valence-electron chi connectivity index (χ2n) is 7.37. The van der Waals surface area contributed by atoms with E-state index >= 15 is 0 Å². The molecule has 5 N–H and O–H groups in total. The number of fused-ring (bicyclic) bond motifs is 1. The molecule has 0 atom stereocenters. The average Bonchev–Trinajstić information content (AvgIpc) is 3.28. The number of likely N-dealkylation sites (tertiary alicyclic amines) is 1. The maximum atomic E-state index is 12.6. The number of piperidine rings is 1. The van der Waals surface area contributed by atoms with Crippen LogP contribution in [0.3, 0.4) is 0 Å². The van der Waals surface area contributed by atoms with E-state index in [2.05, 4.69) is 20.5 Å². The number of aromatic amines is 1. The molecule has 3 amide bonds. The Hall–Kier alpha value is -3.39. The number of anilines is 2. The van der Waals surface area contributed by atoms with Crippen molar-refractivity contribution in [2.75, 3.05) is 30.3 Å². The van der Waals surface area contributed by atoms with Gasteiger partial charge in [0, 0.05) is 34.4 Å². The topological polar surface area (TPSA) is 120 Å². The Labute approximate surface area is 168 Å². The highest BCUT2D eigenvalue weighted by atomic mass is 16.2. The first-order chi connectivity index (χ1) is 14.0. The highest BCUT2D eigenvalue weighted by molar-refractivity contribution is 6.35. The smallest absolute Gasteiger partial charge is 0.316 e. The molecule has 150 valence electrons. The Kier molecular flexibility index (Phi) is 5.18. The molecule has 0 bridgehead atoms. The molecule has 0 unspecified atom stereocenters. The lowest BCUT2D eigenvalue weighted by molar-refractivity contribution is -0.110. The highest BCUT2D eigenvalue weighted by Crippen LogP contribution is 2.35. The summed E-state index contributed by atoms with van der Waals surface area (Å²) < 4.78 is 0. The number of hydrogen-bond donors (Lipinski definition) is 4. The lowest BCUT2D eigenvalue weighted by Crippen LogP contribution is -2.34. The lowest BCUT2D eigenvalue weighted by atomic mass is 10.0. The van der Waals surface area contributed by atoms with Gasteiger partial charge in [-0.1, -0.05) is 6.42 Å². The zero-order valence-electron chi connectivity index (χ0n) is 16.0. The van der Waals surface area contributed by atoms with Gasteiger partial charge in [-0.3, -0.25) is 14.5 Å². The zero-order chi connectivity index (χ0) is 20.4. The monoisotopic (exact) mass is 393 g/mol. The van der Waals surface area contributed by atoms with Gasteiger partial charge >= 0.3 is 6.03 Å². The van der Waals surface area contributed by atoms with Crippen molar-refractivity contribution in [2.24, 2.45) is 5.73 Å². The molecule has 0 aliphatic carbocycles. The fraction of sp³-hybridized carbons (Fsp3) is 0.286. The molecule has 3 heterocycles. The molecular formula is C21H23N5O3. The highest BCUT2D eigenvalue weighted by Gasteiger charge is 2.25. The Morgan fingerprint density at radius 3 is 2.72 bits per heavy atom. The van der Waals surface area contributed by atoms with Crippen LogP contribution in [-0.2, 0) is 4.79 Å². The predicted octanol–water partition coefficient (Wildman–Crippen LogP) is 2.67. The van der Waals surface area contributed by atoms with Crippen LogP contribution in [0.25, 0.3) is 11.6 Å². The normalized spacial score (nSPS) is 17.8. The number of nitrogens with one attached hydrogen (secondary N) is 3. The van der Waals surface area contributed by atoms with E-state index in [9.17, 15) is 14.4 Å². The van der Waals surface area contributed by atoms with E-state index in [-0.39, 0.29) is 11.7 Å². The first kappa shape index (κ1) is 18.9. The number of hydrogen-bond acceptors (Lipinski definition) is 4. The van der Waals surface area contributed by atoms with Crippen LogP contribution >= 0.6 is 0 Å². The fourth-order valence-electron chi connectivity index (χ4n) is 3.78. The van der Waals surface area contributed by atoms with Gasteiger partial charge in [-0.25, -0.2) is 4.79 Å². The summed E-state index contributed by atoms with van der Waals surface area (Å²) in [6.07, 6.45) is 6.88. The maximum Gasteiger partial charge on any atom is 0.316 e. The van der Waals surface area contributed by atoms with Gasteiger partial charge in [0.1, 0.15) is 0 Å². The van der Waals surface area contributed by atoms with Crippen LogP contribution in [0.5, 0.6) is 0 Å². The lowest BCUT2D eigenvalue weighted by Gasteiger charge is -2.25. The van der Waals surface area contributed by atoms with Gasteiger partial charge in [-0.2, -0.15) is 0 Å². The van der Waals surface area contributed by atoms with Gasteiger partial charge in [0.15, 0.2) is 5.78 Å². The minimum atomic E-state index is -0.672. The maximum absolute atomic E-state index is 12.6. The molecule has 2 aromatic rings. The summed E-state index contributed by atoms with van der Waals surface area (Å²) in [4.78, 5) is 41.3. The van der Waals surface area contributed by atoms with Crippen LogP contribution < -0.4 is 16.4 Å². The zero-order valence-corrected chi connectivity index (χ0v) is 16.0. The average molecular weight is 393 g/mol. The van der Waals surface area contributed by atoms with E-state index in [1.165, 1.54) is 6.42 Å². The summed E-state index contributed by atoms with van der Waals surface area (Å²) in [5.41, 5.74) is 8.70. The fourth-order valence-corrected chi connectivity index (χ4v) is 3.78. The van der Waals surface area contributed by atoms with Crippen molar-refractivity contribution in [2.45, 2.75) is 19.3 Å². The van der Waals surface area contributed by atoms with E-state index in [4.69, 9.17) is 5.73 Å². The van der Waals surface area contributed by atoms with Gasteiger partial charge in [0.25, 0.3) is 5.91 Å². The third kappa shape index (κ3) is 4.22. The second kappa shape index (κ2) is 7.92. The van der Waals surface area contributed by atoms with Gasteiger partial charge in [0.2, 0.25) is 0 Å². The van der Waals surface area contributed by atoms with E-state index in [1.807, 2.05) is 0 Å². The molecule has 4 rings (SSSR count). The number of benzene rings is 1. The molecule has 1 aromatic carbocycles. The molecular weight excluding hydrogens is 370 g/mol. The Morgan fingerprint density at radius 2 is 1.97 bits per heavy atom. The molecule has 2 aliphatic heterocycles. The number of H-pyrrole nitrogens is 1. The number of primary amides is 1. The summed E-state index contributed by atoms with van der Waals surface area (Å²) in [7, 11) is 0. The van der Waals surface area contributed by atoms with Crippen molar-refractivity contribution in [3.05, 3.63) is 47.3 Å². The van der Waals surface area contributed by atoms with Gasteiger partial charge < -0.3 is 21.4 Å². The minimum absolute atomic E-state index is 0.0667. The number of aromatic nitrogens is 1. The number of nitrogens with two attached hydrogens (primary N) is 1. The van der Waals surface area contributed by atoms with Crippen molar-refractivity contribution in [1.29, 1.82) is 0 Å². The third-order valence-electron chi connectivity index (χ3n) is 5.21. The summed E-state index contributed by atoms with van der Waals surface area (Å²) >= 11 is 0. The quantitative estimate of drug-likeness (QED) is 0.461. The van der Waals surface area contributed by atoms with Gasteiger partial charge in [0.05, 0.1) is 12.1 Å².